The van der Waals surface area contributed by atoms with Crippen LogP contribution in [-0.4, -0.2) is 12.5 Å². The summed E-state index contributed by atoms with van der Waals surface area (Å²) < 4.78 is 0. The van der Waals surface area contributed by atoms with Crippen LogP contribution in [0.2, 0.25) is 0 Å². The Labute approximate surface area is 115 Å². The van der Waals surface area contributed by atoms with Gasteiger partial charge in [0.05, 0.1) is 0 Å². The highest BCUT2D eigenvalue weighted by atomic mass is 16.1. The summed E-state index contributed by atoms with van der Waals surface area (Å²) in [5.74, 6) is -0.00248. The van der Waals surface area contributed by atoms with E-state index >= 15 is 0 Å². The minimum atomic E-state index is -0.00248. The number of carbonyl (C=O) groups is 1. The average Bonchev–Trinajstić information content (AvgIpc) is 2.78. The van der Waals surface area contributed by atoms with Gasteiger partial charge in [-0.2, -0.15) is 0 Å². The maximum absolute atomic E-state index is 12.3. The number of benzene rings is 1. The van der Waals surface area contributed by atoms with E-state index in [1.165, 1.54) is 25.7 Å². The molecule has 3 N–H and O–H groups in total. The number of aryl methyl sites for hydroxylation is 2. The molecule has 0 unspecified atom stereocenters. The summed E-state index contributed by atoms with van der Waals surface area (Å²) in [6, 6.07) is 3.76. The number of hydrogen-bond acceptors (Lipinski definition) is 2. The van der Waals surface area contributed by atoms with Crippen molar-refractivity contribution in [2.75, 3.05) is 12.3 Å². The normalized spacial score (nSPS) is 17.4. The van der Waals surface area contributed by atoms with Crippen molar-refractivity contribution < 1.29 is 4.79 Å². The van der Waals surface area contributed by atoms with Gasteiger partial charge in [-0.05, 0) is 49.3 Å². The molecule has 0 heterocycles. The second kappa shape index (κ2) is 5.24. The topological polar surface area (TPSA) is 55.1 Å². The van der Waals surface area contributed by atoms with E-state index in [-0.39, 0.29) is 11.3 Å². The number of nitrogen functional groups attached to an aromatic ring is 1. The molecule has 1 aliphatic carbocycles. The zero-order chi connectivity index (χ0) is 14.0. The molecule has 1 fully saturated rings. The van der Waals surface area contributed by atoms with E-state index in [1.807, 2.05) is 19.9 Å². The highest BCUT2D eigenvalue weighted by Gasteiger charge is 2.29. The van der Waals surface area contributed by atoms with Crippen LogP contribution >= 0.6 is 0 Å². The molecular weight excluding hydrogens is 236 g/mol. The first-order chi connectivity index (χ1) is 8.91. The first kappa shape index (κ1) is 13.9. The largest absolute Gasteiger partial charge is 0.398 e. The van der Waals surface area contributed by atoms with E-state index in [0.29, 0.717) is 11.3 Å². The Morgan fingerprint density at radius 3 is 2.53 bits per heavy atom. The molecule has 1 aliphatic rings. The maximum atomic E-state index is 12.3. The fraction of sp³-hybridized carbons (Fsp3) is 0.562. The summed E-state index contributed by atoms with van der Waals surface area (Å²) in [5, 5.41) is 3.07. The number of nitrogens with one attached hydrogen (secondary N) is 1. The fourth-order valence-corrected chi connectivity index (χ4v) is 2.91. The molecule has 1 saturated carbocycles. The molecule has 1 aromatic carbocycles. The molecule has 0 saturated heterocycles. The molecule has 2 rings (SSSR count). The van der Waals surface area contributed by atoms with Crippen molar-refractivity contribution in [2.24, 2.45) is 5.41 Å². The Morgan fingerprint density at radius 1 is 1.26 bits per heavy atom. The van der Waals surface area contributed by atoms with Crippen LogP contribution in [0, 0.1) is 19.3 Å². The van der Waals surface area contributed by atoms with Crippen LogP contribution in [0.1, 0.15) is 54.1 Å². The van der Waals surface area contributed by atoms with Crippen molar-refractivity contribution in [3.05, 3.63) is 28.8 Å². The SMILES string of the molecule is Cc1cc(C)c(C(=O)NCC2(C)CCCC2)cc1N. The van der Waals surface area contributed by atoms with E-state index in [1.54, 1.807) is 6.07 Å². The monoisotopic (exact) mass is 260 g/mol. The fourth-order valence-electron chi connectivity index (χ4n) is 2.91. The third-order valence-corrected chi connectivity index (χ3v) is 4.34. The van der Waals surface area contributed by atoms with Crippen LogP contribution in [0.5, 0.6) is 0 Å². The van der Waals surface area contributed by atoms with E-state index in [2.05, 4.69) is 12.2 Å². The molecule has 0 radical (unpaired) electrons. The number of carbonyl (C=O) groups excluding carboxylic acids is 1. The number of rotatable bonds is 3. The minimum Gasteiger partial charge on any atom is -0.398 e. The van der Waals surface area contributed by atoms with Crippen molar-refractivity contribution in [3.8, 4) is 0 Å². The highest BCUT2D eigenvalue weighted by Crippen LogP contribution is 2.36. The van der Waals surface area contributed by atoms with E-state index in [4.69, 9.17) is 5.73 Å². The Kier molecular flexibility index (Phi) is 3.83. The summed E-state index contributed by atoms with van der Waals surface area (Å²) >= 11 is 0. The predicted octanol–water partition coefficient (Wildman–Crippen LogP) is 3.20. The zero-order valence-corrected chi connectivity index (χ0v) is 12.2. The van der Waals surface area contributed by atoms with E-state index in [9.17, 15) is 4.79 Å². The Hall–Kier alpha value is -1.51. The van der Waals surface area contributed by atoms with Crippen molar-refractivity contribution in [3.63, 3.8) is 0 Å². The van der Waals surface area contributed by atoms with Gasteiger partial charge in [0.15, 0.2) is 0 Å². The minimum absolute atomic E-state index is 0.00248. The quantitative estimate of drug-likeness (QED) is 0.820. The van der Waals surface area contributed by atoms with Gasteiger partial charge < -0.3 is 11.1 Å². The summed E-state index contributed by atoms with van der Waals surface area (Å²) in [6.07, 6.45) is 4.98. The second-order valence-electron chi connectivity index (χ2n) is 6.22. The molecule has 3 nitrogen and oxygen atoms in total. The highest BCUT2D eigenvalue weighted by molar-refractivity contribution is 5.96. The first-order valence-corrected chi connectivity index (χ1v) is 7.06. The zero-order valence-electron chi connectivity index (χ0n) is 12.2. The van der Waals surface area contributed by atoms with Crippen LogP contribution < -0.4 is 11.1 Å². The lowest BCUT2D eigenvalue weighted by Crippen LogP contribution is -2.34. The van der Waals surface area contributed by atoms with Gasteiger partial charge in [0.1, 0.15) is 0 Å². The number of amides is 1. The van der Waals surface area contributed by atoms with Crippen LogP contribution in [-0.2, 0) is 0 Å². The number of nitrogens with two attached hydrogens (primary N) is 1. The summed E-state index contributed by atoms with van der Waals surface area (Å²) in [5.41, 5.74) is 9.56. The van der Waals surface area contributed by atoms with Gasteiger partial charge in [0.25, 0.3) is 5.91 Å². The van der Waals surface area contributed by atoms with Crippen LogP contribution in [0.4, 0.5) is 5.69 Å². The lowest BCUT2D eigenvalue weighted by Gasteiger charge is -2.24. The van der Waals surface area contributed by atoms with Gasteiger partial charge >= 0.3 is 0 Å². The number of hydrogen-bond donors (Lipinski definition) is 2. The number of anilines is 1. The summed E-state index contributed by atoms with van der Waals surface area (Å²) in [7, 11) is 0. The molecule has 0 atom stereocenters. The average molecular weight is 260 g/mol. The third-order valence-electron chi connectivity index (χ3n) is 4.34. The third kappa shape index (κ3) is 3.09. The van der Waals surface area contributed by atoms with Crippen molar-refractivity contribution >= 4 is 11.6 Å². The molecule has 3 heteroatoms. The van der Waals surface area contributed by atoms with Crippen molar-refractivity contribution in [2.45, 2.75) is 46.5 Å². The molecule has 19 heavy (non-hydrogen) atoms. The Balaban J connectivity index is 2.06. The first-order valence-electron chi connectivity index (χ1n) is 7.06. The van der Waals surface area contributed by atoms with Gasteiger partial charge in [-0.3, -0.25) is 4.79 Å². The smallest absolute Gasteiger partial charge is 0.251 e. The lowest BCUT2D eigenvalue weighted by atomic mass is 9.89. The van der Waals surface area contributed by atoms with Crippen molar-refractivity contribution in [1.29, 1.82) is 0 Å². The van der Waals surface area contributed by atoms with Crippen molar-refractivity contribution in [1.82, 2.24) is 5.32 Å². The summed E-state index contributed by atoms with van der Waals surface area (Å²) in [6.45, 7) is 6.94. The lowest BCUT2D eigenvalue weighted by molar-refractivity contribution is 0.0933. The molecule has 0 spiro atoms. The standard InChI is InChI=1S/C16H24N2O/c1-11-8-12(2)14(17)9-13(11)15(19)18-10-16(3)6-4-5-7-16/h8-9H,4-7,10,17H2,1-3H3,(H,18,19). The van der Waals surface area contributed by atoms with Crippen LogP contribution in [0.15, 0.2) is 12.1 Å². The van der Waals surface area contributed by atoms with E-state index in [0.717, 1.165) is 17.7 Å². The molecule has 1 aromatic rings. The van der Waals surface area contributed by atoms with Gasteiger partial charge in [0.2, 0.25) is 0 Å². The van der Waals surface area contributed by atoms with Gasteiger partial charge in [-0.25, -0.2) is 0 Å². The second-order valence-corrected chi connectivity index (χ2v) is 6.22. The Bertz CT molecular complexity index is 488. The van der Waals surface area contributed by atoms with Gasteiger partial charge in [-0.15, -0.1) is 0 Å². The molecule has 0 bridgehead atoms. The predicted molar refractivity (Wildman–Crippen MR) is 79.2 cm³/mol. The Morgan fingerprint density at radius 2 is 1.89 bits per heavy atom. The summed E-state index contributed by atoms with van der Waals surface area (Å²) in [4.78, 5) is 12.3. The maximum Gasteiger partial charge on any atom is 0.251 e. The molecule has 0 aromatic heterocycles. The molecule has 0 aliphatic heterocycles. The van der Waals surface area contributed by atoms with Gasteiger partial charge in [-0.1, -0.05) is 25.8 Å². The molecular formula is C16H24N2O. The molecule has 1 amide bonds. The van der Waals surface area contributed by atoms with Crippen LogP contribution in [0.25, 0.3) is 0 Å². The van der Waals surface area contributed by atoms with Crippen LogP contribution in [0.3, 0.4) is 0 Å². The van der Waals surface area contributed by atoms with E-state index < -0.39 is 0 Å². The molecule has 104 valence electrons. The van der Waals surface area contributed by atoms with Gasteiger partial charge in [0, 0.05) is 17.8 Å².